The van der Waals surface area contributed by atoms with E-state index in [2.05, 4.69) is 27.4 Å². The first-order valence-electron chi connectivity index (χ1n) is 10.0. The van der Waals surface area contributed by atoms with Crippen molar-refractivity contribution in [2.45, 2.75) is 0 Å². The topological polar surface area (TPSA) is 94.6 Å². The van der Waals surface area contributed by atoms with Gasteiger partial charge in [0.1, 0.15) is 10.4 Å². The van der Waals surface area contributed by atoms with Crippen LogP contribution in [0.2, 0.25) is 0 Å². The summed E-state index contributed by atoms with van der Waals surface area (Å²) < 4.78 is 6.98. The molecule has 0 radical (unpaired) electrons. The molecule has 2 heterocycles. The SMILES string of the molecule is N#Cc1ccc(Nc2nc(Oc3ccc(-c4ccc(C#N)cc4)cc3)c3sccc3n2)cc1. The first-order valence-corrected chi connectivity index (χ1v) is 10.9. The summed E-state index contributed by atoms with van der Waals surface area (Å²) in [4.78, 5) is 9.14. The molecule has 0 fully saturated rings. The van der Waals surface area contributed by atoms with E-state index in [9.17, 15) is 0 Å². The molecule has 0 aliphatic carbocycles. The van der Waals surface area contributed by atoms with E-state index in [1.54, 1.807) is 24.3 Å². The van der Waals surface area contributed by atoms with E-state index in [0.29, 0.717) is 28.7 Å². The van der Waals surface area contributed by atoms with Crippen molar-refractivity contribution in [1.82, 2.24) is 9.97 Å². The molecule has 156 valence electrons. The van der Waals surface area contributed by atoms with E-state index in [-0.39, 0.29) is 0 Å². The van der Waals surface area contributed by atoms with Gasteiger partial charge in [-0.2, -0.15) is 15.5 Å². The zero-order chi connectivity index (χ0) is 22.6. The second kappa shape index (κ2) is 8.80. The predicted molar refractivity (Wildman–Crippen MR) is 129 cm³/mol. The van der Waals surface area contributed by atoms with Crippen LogP contribution in [0.3, 0.4) is 0 Å². The zero-order valence-electron chi connectivity index (χ0n) is 17.2. The Hall–Kier alpha value is -4.72. The zero-order valence-corrected chi connectivity index (χ0v) is 18.0. The van der Waals surface area contributed by atoms with Crippen LogP contribution in [0.4, 0.5) is 11.6 Å². The van der Waals surface area contributed by atoms with Crippen LogP contribution in [0, 0.1) is 22.7 Å². The van der Waals surface area contributed by atoms with Crippen LogP contribution in [0.25, 0.3) is 21.3 Å². The third kappa shape index (κ3) is 4.35. The average Bonchev–Trinajstić information content (AvgIpc) is 3.34. The number of thiophene rings is 1. The van der Waals surface area contributed by atoms with Crippen molar-refractivity contribution >= 4 is 33.2 Å². The minimum absolute atomic E-state index is 0.412. The Kier molecular flexibility index (Phi) is 5.38. The summed E-state index contributed by atoms with van der Waals surface area (Å²) >= 11 is 1.52. The Morgan fingerprint density at radius 3 is 1.97 bits per heavy atom. The summed E-state index contributed by atoms with van der Waals surface area (Å²) in [6, 6.07) is 28.4. The number of hydrogen-bond donors (Lipinski definition) is 1. The molecule has 33 heavy (non-hydrogen) atoms. The highest BCUT2D eigenvalue weighted by atomic mass is 32.1. The number of ether oxygens (including phenoxy) is 1. The highest BCUT2D eigenvalue weighted by Gasteiger charge is 2.12. The van der Waals surface area contributed by atoms with Gasteiger partial charge in [-0.05, 0) is 71.1 Å². The molecule has 1 N–H and O–H groups in total. The van der Waals surface area contributed by atoms with Gasteiger partial charge in [0.2, 0.25) is 11.8 Å². The number of aromatic nitrogens is 2. The fourth-order valence-electron chi connectivity index (χ4n) is 3.28. The molecule has 0 unspecified atom stereocenters. The van der Waals surface area contributed by atoms with E-state index in [0.717, 1.165) is 27.0 Å². The van der Waals surface area contributed by atoms with Gasteiger partial charge in [-0.25, -0.2) is 4.98 Å². The Bertz CT molecular complexity index is 1510. The fourth-order valence-corrected chi connectivity index (χ4v) is 4.04. The van der Waals surface area contributed by atoms with Crippen LogP contribution in [0.5, 0.6) is 11.6 Å². The quantitative estimate of drug-likeness (QED) is 0.326. The minimum Gasteiger partial charge on any atom is -0.437 e. The van der Waals surface area contributed by atoms with E-state index >= 15 is 0 Å². The Balaban J connectivity index is 1.40. The fraction of sp³-hybridized carbons (Fsp3) is 0. The maximum atomic E-state index is 8.97. The van der Waals surface area contributed by atoms with E-state index < -0.39 is 0 Å². The lowest BCUT2D eigenvalue weighted by molar-refractivity contribution is 0.470. The van der Waals surface area contributed by atoms with Crippen molar-refractivity contribution in [2.24, 2.45) is 0 Å². The van der Waals surface area contributed by atoms with Crippen LogP contribution in [0.1, 0.15) is 11.1 Å². The number of nitrogens with one attached hydrogen (secondary N) is 1. The van der Waals surface area contributed by atoms with Crippen molar-refractivity contribution in [3.8, 4) is 34.9 Å². The van der Waals surface area contributed by atoms with Crippen molar-refractivity contribution in [3.05, 3.63) is 95.4 Å². The maximum Gasteiger partial charge on any atom is 0.242 e. The van der Waals surface area contributed by atoms with Crippen LogP contribution < -0.4 is 10.1 Å². The standard InChI is InChI=1S/C26H15N5OS/c27-15-17-1-5-19(6-2-17)20-7-11-22(12-8-20)32-25-24-23(13-14-33-24)30-26(31-25)29-21-9-3-18(16-28)4-10-21/h1-14H,(H,29,30,31). The summed E-state index contributed by atoms with van der Waals surface area (Å²) in [5, 5.41) is 23.1. The molecule has 5 aromatic rings. The number of nitrogens with zero attached hydrogens (tertiary/aromatic N) is 4. The van der Waals surface area contributed by atoms with Crippen molar-refractivity contribution in [3.63, 3.8) is 0 Å². The second-order valence-corrected chi connectivity index (χ2v) is 8.03. The van der Waals surface area contributed by atoms with Gasteiger partial charge >= 0.3 is 0 Å². The van der Waals surface area contributed by atoms with E-state index in [4.69, 9.17) is 15.3 Å². The molecule has 0 amide bonds. The molecular weight excluding hydrogens is 430 g/mol. The van der Waals surface area contributed by atoms with Gasteiger partial charge in [0.15, 0.2) is 0 Å². The number of nitriles is 2. The van der Waals surface area contributed by atoms with Gasteiger partial charge in [-0.1, -0.05) is 24.3 Å². The van der Waals surface area contributed by atoms with Gasteiger partial charge in [-0.3, -0.25) is 0 Å². The molecule has 3 aromatic carbocycles. The number of fused-ring (bicyclic) bond motifs is 1. The number of hydrogen-bond acceptors (Lipinski definition) is 7. The molecule has 0 atom stereocenters. The highest BCUT2D eigenvalue weighted by molar-refractivity contribution is 7.17. The summed E-state index contributed by atoms with van der Waals surface area (Å²) in [6.45, 7) is 0. The summed E-state index contributed by atoms with van der Waals surface area (Å²) in [6.07, 6.45) is 0. The summed E-state index contributed by atoms with van der Waals surface area (Å²) in [7, 11) is 0. The Labute approximate surface area is 194 Å². The minimum atomic E-state index is 0.412. The third-order valence-corrected chi connectivity index (χ3v) is 5.85. The molecule has 5 rings (SSSR count). The van der Waals surface area contributed by atoms with Crippen molar-refractivity contribution in [2.75, 3.05) is 5.32 Å². The summed E-state index contributed by atoms with van der Waals surface area (Å²) in [5.41, 5.74) is 4.84. The normalized spacial score (nSPS) is 10.4. The maximum absolute atomic E-state index is 8.97. The molecule has 0 saturated carbocycles. The van der Waals surface area contributed by atoms with Crippen molar-refractivity contribution < 1.29 is 4.74 Å². The molecule has 0 bridgehead atoms. The highest BCUT2D eigenvalue weighted by Crippen LogP contribution is 2.33. The van der Waals surface area contributed by atoms with Crippen LogP contribution in [0.15, 0.2) is 84.2 Å². The van der Waals surface area contributed by atoms with Crippen LogP contribution in [-0.2, 0) is 0 Å². The molecule has 0 saturated heterocycles. The number of rotatable bonds is 5. The molecule has 6 nitrogen and oxygen atoms in total. The van der Waals surface area contributed by atoms with Gasteiger partial charge in [0.25, 0.3) is 0 Å². The third-order valence-electron chi connectivity index (χ3n) is 4.96. The Morgan fingerprint density at radius 2 is 1.33 bits per heavy atom. The largest absolute Gasteiger partial charge is 0.437 e. The molecule has 0 spiro atoms. The van der Waals surface area contributed by atoms with Gasteiger partial charge in [0.05, 0.1) is 28.8 Å². The molecule has 0 aliphatic rings. The lowest BCUT2D eigenvalue weighted by Crippen LogP contribution is -1.99. The first-order chi connectivity index (χ1) is 16.2. The van der Waals surface area contributed by atoms with E-state index in [1.807, 2.05) is 60.0 Å². The average molecular weight is 446 g/mol. The molecule has 7 heteroatoms. The van der Waals surface area contributed by atoms with Gasteiger partial charge < -0.3 is 10.1 Å². The van der Waals surface area contributed by atoms with Gasteiger partial charge in [0, 0.05) is 5.69 Å². The second-order valence-electron chi connectivity index (χ2n) is 7.12. The molecular formula is C26H15N5OS. The number of anilines is 2. The van der Waals surface area contributed by atoms with Crippen LogP contribution in [-0.4, -0.2) is 9.97 Å². The summed E-state index contributed by atoms with van der Waals surface area (Å²) in [5.74, 6) is 1.54. The van der Waals surface area contributed by atoms with Crippen LogP contribution >= 0.6 is 11.3 Å². The lowest BCUT2D eigenvalue weighted by atomic mass is 10.0. The molecule has 2 aromatic heterocycles. The van der Waals surface area contributed by atoms with Crippen molar-refractivity contribution in [1.29, 1.82) is 10.5 Å². The predicted octanol–water partition coefficient (Wildman–Crippen LogP) is 6.64. The monoisotopic (exact) mass is 445 g/mol. The molecule has 0 aliphatic heterocycles. The van der Waals surface area contributed by atoms with Gasteiger partial charge in [-0.15, -0.1) is 11.3 Å². The number of benzene rings is 3. The Morgan fingerprint density at radius 1 is 0.727 bits per heavy atom. The lowest BCUT2D eigenvalue weighted by Gasteiger charge is -2.10. The first kappa shape index (κ1) is 20.2. The van der Waals surface area contributed by atoms with E-state index in [1.165, 1.54) is 11.3 Å². The smallest absolute Gasteiger partial charge is 0.242 e.